The molecule has 0 amide bonds. The van der Waals surface area contributed by atoms with Crippen molar-refractivity contribution in [1.82, 2.24) is 8.87 Å². The van der Waals surface area contributed by atoms with Crippen LogP contribution in [0.25, 0.3) is 10.9 Å². The van der Waals surface area contributed by atoms with Crippen LogP contribution in [-0.2, 0) is 0 Å². The van der Waals surface area contributed by atoms with Crippen LogP contribution < -0.4 is 4.74 Å². The zero-order chi connectivity index (χ0) is 12.4. The van der Waals surface area contributed by atoms with Crippen molar-refractivity contribution in [2.24, 2.45) is 0 Å². The highest BCUT2D eigenvalue weighted by Crippen LogP contribution is 2.25. The van der Waals surface area contributed by atoms with E-state index in [1.165, 1.54) is 11.9 Å². The second-order valence-corrected chi connectivity index (χ2v) is 5.43. The van der Waals surface area contributed by atoms with Crippen molar-refractivity contribution >= 4 is 39.4 Å². The molecule has 17 heavy (non-hydrogen) atoms. The fraction of sp³-hybridized carbons (Fsp3) is 0.250. The van der Waals surface area contributed by atoms with E-state index in [9.17, 15) is 0 Å². The Labute approximate surface area is 110 Å². The molecule has 0 bridgehead atoms. The molecule has 3 nitrogen and oxygen atoms in total. The number of ether oxygens (including phenoxy) is 1. The first kappa shape index (κ1) is 12.3. The van der Waals surface area contributed by atoms with Crippen LogP contribution in [0.4, 0.5) is 0 Å². The highest BCUT2D eigenvalue weighted by Gasteiger charge is 2.06. The molecule has 1 aromatic heterocycles. The number of methoxy groups -OCH3 is 1. The first-order valence-corrected chi connectivity index (χ1v) is 6.34. The number of aromatic nitrogens is 1. The Balaban J connectivity index is 2.33. The first-order valence-electron chi connectivity index (χ1n) is 5.16. The van der Waals surface area contributed by atoms with Crippen molar-refractivity contribution in [1.29, 1.82) is 0 Å². The van der Waals surface area contributed by atoms with Gasteiger partial charge >= 0.3 is 0 Å². The molecule has 0 N–H and O–H groups in total. The largest absolute Gasteiger partial charge is 0.497 e. The average Bonchev–Trinajstić information content (AvgIpc) is 2.71. The summed E-state index contributed by atoms with van der Waals surface area (Å²) < 4.78 is 8.10. The Bertz CT molecular complexity index is 548. The van der Waals surface area contributed by atoms with E-state index in [2.05, 4.69) is 10.0 Å². The van der Waals surface area contributed by atoms with Gasteiger partial charge in [-0.2, -0.15) is 0 Å². The molecular weight excluding hydrogens is 252 g/mol. The van der Waals surface area contributed by atoms with Crippen LogP contribution >= 0.6 is 24.2 Å². The molecule has 0 atom stereocenters. The monoisotopic (exact) mass is 266 g/mol. The predicted octanol–water partition coefficient (Wildman–Crippen LogP) is 2.99. The molecule has 1 heterocycles. The van der Waals surface area contributed by atoms with Gasteiger partial charge < -0.3 is 9.64 Å². The number of fused-ring (bicyclic) bond motifs is 1. The summed E-state index contributed by atoms with van der Waals surface area (Å²) >= 11 is 6.82. The maximum Gasteiger partial charge on any atom is 0.156 e. The van der Waals surface area contributed by atoms with E-state index < -0.39 is 0 Å². The van der Waals surface area contributed by atoms with Crippen molar-refractivity contribution in [2.75, 3.05) is 21.2 Å². The van der Waals surface area contributed by atoms with Crippen LogP contribution in [0.2, 0.25) is 0 Å². The molecule has 0 unspecified atom stereocenters. The van der Waals surface area contributed by atoms with E-state index in [0.29, 0.717) is 0 Å². The summed E-state index contributed by atoms with van der Waals surface area (Å²) in [6.45, 7) is 0. The lowest BCUT2D eigenvalue weighted by molar-refractivity contribution is 0.415. The highest BCUT2D eigenvalue weighted by molar-refractivity contribution is 8.22. The standard InChI is InChI=1S/C12H14N2OS2/c1-13(2)12(16)17-14-7-6-9-8-10(15-3)4-5-11(9)14/h4-8H,1-3H3. The van der Waals surface area contributed by atoms with Gasteiger partial charge in [-0.3, -0.25) is 3.97 Å². The van der Waals surface area contributed by atoms with Crippen molar-refractivity contribution in [3.8, 4) is 5.75 Å². The Hall–Kier alpha value is -1.20. The molecule has 0 saturated carbocycles. The average molecular weight is 266 g/mol. The normalized spacial score (nSPS) is 10.5. The molecule has 0 aliphatic carbocycles. The van der Waals surface area contributed by atoms with Gasteiger partial charge in [0.05, 0.1) is 12.6 Å². The highest BCUT2D eigenvalue weighted by atomic mass is 32.2. The fourth-order valence-corrected chi connectivity index (χ4v) is 2.43. The summed E-state index contributed by atoms with van der Waals surface area (Å²) in [4.78, 5) is 1.93. The molecule has 90 valence electrons. The zero-order valence-corrected chi connectivity index (χ0v) is 11.6. The number of hydrogen-bond donors (Lipinski definition) is 0. The minimum atomic E-state index is 0.832. The zero-order valence-electron chi connectivity index (χ0n) is 10.0. The Kier molecular flexibility index (Phi) is 3.59. The minimum absolute atomic E-state index is 0.832. The van der Waals surface area contributed by atoms with Gasteiger partial charge in [0.25, 0.3) is 0 Å². The quantitative estimate of drug-likeness (QED) is 0.777. The molecule has 5 heteroatoms. The van der Waals surface area contributed by atoms with E-state index in [1.807, 2.05) is 43.4 Å². The Morgan fingerprint density at radius 1 is 1.35 bits per heavy atom. The summed E-state index contributed by atoms with van der Waals surface area (Å²) in [5, 5.41) is 1.15. The number of nitrogens with zero attached hydrogens (tertiary/aromatic N) is 2. The van der Waals surface area contributed by atoms with E-state index in [1.54, 1.807) is 7.11 Å². The predicted molar refractivity (Wildman–Crippen MR) is 77.8 cm³/mol. The van der Waals surface area contributed by atoms with E-state index in [-0.39, 0.29) is 0 Å². The van der Waals surface area contributed by atoms with Gasteiger partial charge in [-0.15, -0.1) is 0 Å². The Morgan fingerprint density at radius 2 is 2.12 bits per heavy atom. The van der Waals surface area contributed by atoms with Gasteiger partial charge in [-0.05, 0) is 24.3 Å². The van der Waals surface area contributed by atoms with Crippen molar-refractivity contribution < 1.29 is 4.74 Å². The first-order chi connectivity index (χ1) is 8.11. The van der Waals surface area contributed by atoms with Crippen LogP contribution in [0.1, 0.15) is 0 Å². The summed E-state index contributed by atoms with van der Waals surface area (Å²) in [7, 11) is 5.57. The lowest BCUT2D eigenvalue weighted by atomic mass is 10.2. The second kappa shape index (κ2) is 4.98. The van der Waals surface area contributed by atoms with E-state index >= 15 is 0 Å². The SMILES string of the molecule is COc1ccc2c(ccn2SC(=S)N(C)C)c1. The van der Waals surface area contributed by atoms with Crippen molar-refractivity contribution in [3.05, 3.63) is 30.5 Å². The molecule has 0 spiro atoms. The number of thiocarbonyl (C=S) groups is 1. The van der Waals surface area contributed by atoms with Gasteiger partial charge in [0, 0.05) is 37.6 Å². The molecule has 0 aliphatic heterocycles. The number of hydrogen-bond acceptors (Lipinski definition) is 3. The third-order valence-electron chi connectivity index (χ3n) is 2.40. The minimum Gasteiger partial charge on any atom is -0.497 e. The van der Waals surface area contributed by atoms with Crippen molar-refractivity contribution in [3.63, 3.8) is 0 Å². The van der Waals surface area contributed by atoms with Gasteiger partial charge in [0.1, 0.15) is 5.75 Å². The van der Waals surface area contributed by atoms with Gasteiger partial charge in [-0.25, -0.2) is 0 Å². The topological polar surface area (TPSA) is 17.4 Å². The van der Waals surface area contributed by atoms with Gasteiger partial charge in [0.2, 0.25) is 0 Å². The summed E-state index contributed by atoms with van der Waals surface area (Å²) in [6, 6.07) is 8.08. The van der Waals surface area contributed by atoms with Gasteiger partial charge in [0.15, 0.2) is 4.32 Å². The van der Waals surface area contributed by atoms with Crippen LogP contribution in [0.15, 0.2) is 30.5 Å². The fourth-order valence-electron chi connectivity index (χ4n) is 1.47. The van der Waals surface area contributed by atoms with E-state index in [4.69, 9.17) is 17.0 Å². The maximum atomic E-state index is 5.28. The third kappa shape index (κ3) is 2.56. The lowest BCUT2D eigenvalue weighted by Crippen LogP contribution is -2.17. The summed E-state index contributed by atoms with van der Waals surface area (Å²) in [6.07, 6.45) is 2.02. The molecule has 2 rings (SSSR count). The van der Waals surface area contributed by atoms with Crippen LogP contribution in [0.5, 0.6) is 5.75 Å². The molecular formula is C12H14N2OS2. The second-order valence-electron chi connectivity index (χ2n) is 3.82. The molecule has 0 fully saturated rings. The maximum absolute atomic E-state index is 5.28. The van der Waals surface area contributed by atoms with Crippen molar-refractivity contribution in [2.45, 2.75) is 0 Å². The number of rotatable bonds is 2. The number of benzene rings is 1. The summed E-state index contributed by atoms with van der Waals surface area (Å²) in [5.74, 6) is 0.871. The molecule has 0 aliphatic rings. The Morgan fingerprint density at radius 3 is 2.76 bits per heavy atom. The van der Waals surface area contributed by atoms with Crippen LogP contribution in [0.3, 0.4) is 0 Å². The summed E-state index contributed by atoms with van der Waals surface area (Å²) in [5.41, 5.74) is 1.14. The van der Waals surface area contributed by atoms with Crippen LogP contribution in [0, 0.1) is 0 Å². The smallest absolute Gasteiger partial charge is 0.156 e. The molecule has 0 radical (unpaired) electrons. The molecule has 2 aromatic rings. The van der Waals surface area contributed by atoms with E-state index in [0.717, 1.165) is 21.0 Å². The third-order valence-corrected chi connectivity index (χ3v) is 4.03. The lowest BCUT2D eigenvalue weighted by Gasteiger charge is -2.13. The van der Waals surface area contributed by atoms with Crippen LogP contribution in [-0.4, -0.2) is 34.4 Å². The molecule has 1 aromatic carbocycles. The molecule has 0 saturated heterocycles. The van der Waals surface area contributed by atoms with Gasteiger partial charge in [-0.1, -0.05) is 12.2 Å².